The Morgan fingerprint density at radius 1 is 0.865 bits per heavy atom. The van der Waals surface area contributed by atoms with Gasteiger partial charge in [0.05, 0.1) is 23.6 Å². The highest BCUT2D eigenvalue weighted by atomic mass is 79.9. The van der Waals surface area contributed by atoms with Crippen molar-refractivity contribution in [1.82, 2.24) is 4.90 Å². The van der Waals surface area contributed by atoms with Crippen molar-refractivity contribution in [2.75, 3.05) is 18.1 Å². The summed E-state index contributed by atoms with van der Waals surface area (Å²) >= 11 is 3.42. The van der Waals surface area contributed by atoms with Gasteiger partial charge in [0.2, 0.25) is 11.8 Å². The number of amides is 2. The van der Waals surface area contributed by atoms with Gasteiger partial charge in [-0.25, -0.2) is 4.90 Å². The van der Waals surface area contributed by atoms with E-state index in [0.717, 1.165) is 15.6 Å². The molecule has 3 aromatic rings. The summed E-state index contributed by atoms with van der Waals surface area (Å²) in [5.41, 5.74) is 2.85. The highest BCUT2D eigenvalue weighted by Gasteiger charge is 2.64. The fourth-order valence-electron chi connectivity index (χ4n) is 6.07. The van der Waals surface area contributed by atoms with Crippen LogP contribution in [0.5, 0.6) is 11.5 Å². The van der Waals surface area contributed by atoms with Crippen molar-refractivity contribution >= 4 is 45.3 Å². The molecule has 0 aromatic heterocycles. The number of benzene rings is 3. The smallest absolute Gasteiger partial charge is 0.240 e. The molecule has 8 heteroatoms. The van der Waals surface area contributed by atoms with Crippen LogP contribution in [0, 0.1) is 11.8 Å². The molecule has 4 aliphatic heterocycles. The van der Waals surface area contributed by atoms with Crippen LogP contribution in [-0.4, -0.2) is 41.8 Å². The third kappa shape index (κ3) is 3.28. The van der Waals surface area contributed by atoms with Crippen LogP contribution in [0.15, 0.2) is 77.4 Å². The van der Waals surface area contributed by atoms with Crippen molar-refractivity contribution in [2.45, 2.75) is 12.1 Å². The Kier molecular flexibility index (Phi) is 5.01. The molecule has 0 aliphatic carbocycles. The van der Waals surface area contributed by atoms with Crippen LogP contribution >= 0.6 is 15.9 Å². The maximum absolute atomic E-state index is 14.0. The predicted octanol–water partition coefficient (Wildman–Crippen LogP) is 4.62. The third-order valence-corrected chi connectivity index (χ3v) is 8.17. The lowest BCUT2D eigenvalue weighted by atomic mass is 9.83. The minimum absolute atomic E-state index is 0.181. The summed E-state index contributed by atoms with van der Waals surface area (Å²) in [5.74, 6) is -1.31. The minimum atomic E-state index is -0.822. The van der Waals surface area contributed by atoms with Crippen LogP contribution < -0.4 is 14.4 Å². The Hall–Kier alpha value is -3.91. The van der Waals surface area contributed by atoms with E-state index in [9.17, 15) is 14.4 Å². The van der Waals surface area contributed by atoms with Gasteiger partial charge < -0.3 is 14.4 Å². The van der Waals surface area contributed by atoms with Gasteiger partial charge in [0, 0.05) is 22.3 Å². The molecule has 4 heterocycles. The van der Waals surface area contributed by atoms with E-state index in [-0.39, 0.29) is 17.6 Å². The number of anilines is 1. The fourth-order valence-corrected chi connectivity index (χ4v) is 6.33. The van der Waals surface area contributed by atoms with Crippen molar-refractivity contribution in [3.05, 3.63) is 94.1 Å². The maximum Gasteiger partial charge on any atom is 0.240 e. The lowest BCUT2D eigenvalue weighted by molar-refractivity contribution is -0.123. The number of carbonyl (C=O) groups excluding carboxylic acids is 3. The van der Waals surface area contributed by atoms with E-state index in [1.54, 1.807) is 30.3 Å². The molecule has 3 aromatic carbocycles. The molecule has 0 spiro atoms. The van der Waals surface area contributed by atoms with Crippen LogP contribution in [0.1, 0.15) is 27.5 Å². The number of fused-ring (bicyclic) bond motifs is 6. The van der Waals surface area contributed by atoms with Crippen molar-refractivity contribution in [3.8, 4) is 11.5 Å². The summed E-state index contributed by atoms with van der Waals surface area (Å²) in [5, 5.41) is 0. The Morgan fingerprint density at radius 3 is 2.41 bits per heavy atom. The Morgan fingerprint density at radius 2 is 1.59 bits per heavy atom. The number of hydrogen-bond donors (Lipinski definition) is 0. The fraction of sp³-hybridized carbons (Fsp3) is 0.207. The number of hydrogen-bond acceptors (Lipinski definition) is 6. The summed E-state index contributed by atoms with van der Waals surface area (Å²) in [6, 6.07) is 18.8. The molecule has 0 N–H and O–H groups in total. The second-order valence-electron chi connectivity index (χ2n) is 9.54. The number of ether oxygens (including phenoxy) is 2. The molecule has 0 unspecified atom stereocenters. The van der Waals surface area contributed by atoms with E-state index < -0.39 is 23.9 Å². The number of carbonyl (C=O) groups is 3. The van der Waals surface area contributed by atoms with Crippen molar-refractivity contribution in [3.63, 3.8) is 0 Å². The van der Waals surface area contributed by atoms with E-state index in [1.807, 2.05) is 53.6 Å². The van der Waals surface area contributed by atoms with E-state index in [0.29, 0.717) is 36.0 Å². The normalized spacial score (nSPS) is 25.1. The summed E-state index contributed by atoms with van der Waals surface area (Å²) in [6.45, 7) is 0.843. The standard InChI is InChI=1S/C29H21BrN2O5/c30-18-7-5-17(6-8-18)27(33)26-24-23(25-20-4-2-1-3-16(20)11-12-31(25)26)28(34)32(29(24)35)19-9-10-21-22(15-19)37-14-13-36-21/h1-12,15,23-26H,13-14H2/t23-,24-,25+,26+/m0/s1. The zero-order chi connectivity index (χ0) is 25.3. The molecule has 0 bridgehead atoms. The topological polar surface area (TPSA) is 76.1 Å². The number of ketones is 1. The number of imide groups is 1. The summed E-state index contributed by atoms with van der Waals surface area (Å²) in [7, 11) is 0. The molecule has 7 nitrogen and oxygen atoms in total. The largest absolute Gasteiger partial charge is 0.486 e. The van der Waals surface area contributed by atoms with Crippen molar-refractivity contribution < 1.29 is 23.9 Å². The third-order valence-electron chi connectivity index (χ3n) is 7.64. The maximum atomic E-state index is 14.0. The molecule has 37 heavy (non-hydrogen) atoms. The number of halogens is 1. The first kappa shape index (κ1) is 22.3. The first-order valence-electron chi connectivity index (χ1n) is 12.1. The summed E-state index contributed by atoms with van der Waals surface area (Å²) < 4.78 is 12.2. The van der Waals surface area contributed by atoms with Gasteiger partial charge in [0.15, 0.2) is 17.3 Å². The first-order valence-corrected chi connectivity index (χ1v) is 12.9. The number of rotatable bonds is 3. The van der Waals surface area contributed by atoms with E-state index in [4.69, 9.17) is 9.47 Å². The molecule has 4 aliphatic rings. The van der Waals surface area contributed by atoms with E-state index >= 15 is 0 Å². The van der Waals surface area contributed by atoms with Crippen LogP contribution in [0.25, 0.3) is 6.08 Å². The molecular weight excluding hydrogens is 536 g/mol. The van der Waals surface area contributed by atoms with Crippen molar-refractivity contribution in [2.24, 2.45) is 11.8 Å². The quantitative estimate of drug-likeness (QED) is 0.346. The Labute approximate surface area is 221 Å². The summed E-state index contributed by atoms with van der Waals surface area (Å²) in [6.07, 6.45) is 3.81. The zero-order valence-electron chi connectivity index (χ0n) is 19.5. The average molecular weight is 557 g/mol. The van der Waals surface area contributed by atoms with Crippen LogP contribution in [-0.2, 0) is 9.59 Å². The number of Topliss-reactive ketones (excluding diaryl/α,β-unsaturated/α-hetero) is 1. The molecule has 0 saturated carbocycles. The lowest BCUT2D eigenvalue weighted by Crippen LogP contribution is -2.44. The molecule has 2 fully saturated rings. The molecule has 2 saturated heterocycles. The van der Waals surface area contributed by atoms with Gasteiger partial charge in [0.1, 0.15) is 19.3 Å². The summed E-state index contributed by atoms with van der Waals surface area (Å²) in [4.78, 5) is 45.2. The van der Waals surface area contributed by atoms with Crippen LogP contribution in [0.2, 0.25) is 0 Å². The van der Waals surface area contributed by atoms with Gasteiger partial charge in [-0.05, 0) is 41.5 Å². The first-order chi connectivity index (χ1) is 18.0. The molecule has 184 valence electrons. The number of nitrogens with zero attached hydrogens (tertiary/aromatic N) is 2. The van der Waals surface area contributed by atoms with Gasteiger partial charge in [-0.2, -0.15) is 0 Å². The monoisotopic (exact) mass is 556 g/mol. The second kappa shape index (κ2) is 8.31. The van der Waals surface area contributed by atoms with E-state index in [2.05, 4.69) is 15.9 Å². The molecule has 2 amide bonds. The van der Waals surface area contributed by atoms with Gasteiger partial charge in [-0.15, -0.1) is 0 Å². The molecule has 7 rings (SSSR count). The van der Waals surface area contributed by atoms with Gasteiger partial charge >= 0.3 is 0 Å². The van der Waals surface area contributed by atoms with Gasteiger partial charge in [0.25, 0.3) is 0 Å². The Balaban J connectivity index is 1.35. The zero-order valence-corrected chi connectivity index (χ0v) is 21.1. The highest BCUT2D eigenvalue weighted by Crippen LogP contribution is 2.54. The minimum Gasteiger partial charge on any atom is -0.486 e. The SMILES string of the molecule is O=C(c1ccc(Br)cc1)[C@H]1[C@H]2C(=O)N(c3ccc4c(c3)OCCO4)C(=O)[C@@H]2[C@H]2c3ccccc3C=CN21. The van der Waals surface area contributed by atoms with Gasteiger partial charge in [-0.3, -0.25) is 14.4 Å². The van der Waals surface area contributed by atoms with Crippen LogP contribution in [0.4, 0.5) is 5.69 Å². The second-order valence-corrected chi connectivity index (χ2v) is 10.5. The van der Waals surface area contributed by atoms with Crippen LogP contribution in [0.3, 0.4) is 0 Å². The molecule has 0 radical (unpaired) electrons. The van der Waals surface area contributed by atoms with Crippen molar-refractivity contribution in [1.29, 1.82) is 0 Å². The molecular formula is C29H21BrN2O5. The lowest BCUT2D eigenvalue weighted by Gasteiger charge is -2.35. The van der Waals surface area contributed by atoms with Gasteiger partial charge in [-0.1, -0.05) is 52.3 Å². The average Bonchev–Trinajstić information content (AvgIpc) is 3.40. The Bertz CT molecular complexity index is 1500. The highest BCUT2D eigenvalue weighted by molar-refractivity contribution is 9.10. The van der Waals surface area contributed by atoms with E-state index in [1.165, 1.54) is 4.90 Å². The predicted molar refractivity (Wildman–Crippen MR) is 139 cm³/mol. The molecule has 4 atom stereocenters.